The molecule has 0 amide bonds. The maximum absolute atomic E-state index is 5.88. The second-order valence-corrected chi connectivity index (χ2v) is 10.1. The van der Waals surface area contributed by atoms with Crippen LogP contribution in [0.3, 0.4) is 0 Å². The van der Waals surface area contributed by atoms with Crippen LogP contribution in [0.1, 0.15) is 38.1 Å². The van der Waals surface area contributed by atoms with E-state index in [9.17, 15) is 0 Å². The minimum atomic E-state index is -0.460. The molecule has 0 saturated heterocycles. The molecule has 0 radical (unpaired) electrons. The zero-order chi connectivity index (χ0) is 26.0. The molecule has 0 aliphatic carbocycles. The lowest BCUT2D eigenvalue weighted by Crippen LogP contribution is -2.26. The Morgan fingerprint density at radius 2 is 1.19 bits per heavy atom. The lowest BCUT2D eigenvalue weighted by atomic mass is 10.1. The van der Waals surface area contributed by atoms with Crippen molar-refractivity contribution in [2.45, 2.75) is 39.3 Å². The van der Waals surface area contributed by atoms with Gasteiger partial charge in [-0.2, -0.15) is 8.75 Å². The summed E-state index contributed by atoms with van der Waals surface area (Å²) in [7, 11) is 4.20. The zero-order valence-electron chi connectivity index (χ0n) is 21.9. The van der Waals surface area contributed by atoms with Gasteiger partial charge >= 0.3 is 0 Å². The first-order valence-electron chi connectivity index (χ1n) is 12.5. The van der Waals surface area contributed by atoms with E-state index in [1.807, 2.05) is 13.8 Å². The molecule has 0 N–H and O–H groups in total. The van der Waals surface area contributed by atoms with Gasteiger partial charge in [0.2, 0.25) is 0 Å². The molecule has 2 aromatic heterocycles. The van der Waals surface area contributed by atoms with Crippen LogP contribution in [-0.2, 0) is 14.2 Å². The molecule has 0 spiro atoms. The van der Waals surface area contributed by atoms with Crippen molar-refractivity contribution in [1.29, 1.82) is 0 Å². The highest BCUT2D eigenvalue weighted by molar-refractivity contribution is 6.99. The summed E-state index contributed by atoms with van der Waals surface area (Å²) >= 11 is 2.30. The van der Waals surface area contributed by atoms with Crippen molar-refractivity contribution in [2.75, 3.05) is 66.7 Å². The van der Waals surface area contributed by atoms with Crippen molar-refractivity contribution < 1.29 is 23.7 Å². The van der Waals surface area contributed by atoms with Gasteiger partial charge in [0.15, 0.2) is 12.6 Å². The van der Waals surface area contributed by atoms with E-state index in [4.69, 9.17) is 23.7 Å². The van der Waals surface area contributed by atoms with Crippen LogP contribution in [0.4, 0.5) is 0 Å². The van der Waals surface area contributed by atoms with Crippen molar-refractivity contribution in [3.8, 4) is 11.8 Å². The van der Waals surface area contributed by atoms with E-state index in [0.29, 0.717) is 38.2 Å². The maximum Gasteiger partial charge on any atom is 0.255 e. The summed E-state index contributed by atoms with van der Waals surface area (Å²) in [6, 6.07) is 0. The molecule has 4 heterocycles. The van der Waals surface area contributed by atoms with Crippen LogP contribution >= 0.6 is 23.5 Å². The molecular weight excluding hydrogens is 516 g/mol. The van der Waals surface area contributed by atoms with E-state index >= 15 is 0 Å². The second kappa shape index (κ2) is 14.2. The number of ether oxygens (including phenoxy) is 5. The second-order valence-electron chi connectivity index (χ2n) is 9.07. The summed E-state index contributed by atoms with van der Waals surface area (Å²) in [6.07, 6.45) is 5.49. The Labute approximate surface area is 226 Å². The Hall–Kier alpha value is -2.00. The Morgan fingerprint density at radius 1 is 0.730 bits per heavy atom. The fourth-order valence-corrected chi connectivity index (χ4v) is 5.11. The molecule has 2 unspecified atom stereocenters. The van der Waals surface area contributed by atoms with Gasteiger partial charge in [0.05, 0.1) is 49.9 Å². The van der Waals surface area contributed by atoms with E-state index in [0.717, 1.165) is 85.0 Å². The monoisotopic (exact) mass is 552 g/mol. The van der Waals surface area contributed by atoms with Crippen LogP contribution in [-0.4, -0.2) is 107 Å². The molecular formula is C24H36N6O5S2. The Bertz CT molecular complexity index is 964. The minimum absolute atomic E-state index is 0.392. The quantitative estimate of drug-likeness (QED) is 0.255. The standard InChI is InChI=1S/C24H36N6O5S2/c1-17(34-23-21(25-36-27-23)19-7-5-9-29(3)15-19)32-13-11-31-12-14-33-18(2)35-24-22(26-37-28-24)20-8-6-10-30(4)16-20/h7-8,17-18H,5-6,9-16H2,1-4H3. The Kier molecular flexibility index (Phi) is 10.8. The van der Waals surface area contributed by atoms with E-state index in [1.165, 1.54) is 0 Å². The molecule has 2 aromatic rings. The van der Waals surface area contributed by atoms with E-state index < -0.39 is 12.6 Å². The Balaban J connectivity index is 1.09. The predicted molar refractivity (Wildman–Crippen MR) is 143 cm³/mol. The first kappa shape index (κ1) is 28.0. The molecule has 204 valence electrons. The predicted octanol–water partition coefficient (Wildman–Crippen LogP) is 3.03. The maximum atomic E-state index is 5.88. The van der Waals surface area contributed by atoms with Crippen LogP contribution < -0.4 is 9.47 Å². The molecule has 37 heavy (non-hydrogen) atoms. The van der Waals surface area contributed by atoms with Gasteiger partial charge in [-0.3, -0.25) is 0 Å². The fraction of sp³-hybridized carbons (Fsp3) is 0.667. The molecule has 0 bridgehead atoms. The molecule has 0 saturated carbocycles. The zero-order valence-corrected chi connectivity index (χ0v) is 23.6. The van der Waals surface area contributed by atoms with Gasteiger partial charge < -0.3 is 33.5 Å². The number of hydrogen-bond donors (Lipinski definition) is 0. The summed E-state index contributed by atoms with van der Waals surface area (Å²) in [4.78, 5) is 4.52. The normalized spacial score (nSPS) is 18.8. The molecule has 0 aromatic carbocycles. The van der Waals surface area contributed by atoms with Gasteiger partial charge in [-0.15, -0.1) is 8.75 Å². The van der Waals surface area contributed by atoms with Crippen molar-refractivity contribution in [1.82, 2.24) is 27.3 Å². The molecule has 2 aliphatic rings. The average Bonchev–Trinajstić information content (AvgIpc) is 3.53. The molecule has 4 rings (SSSR count). The molecule has 13 heteroatoms. The lowest BCUT2D eigenvalue weighted by molar-refractivity contribution is -0.103. The number of likely N-dealkylation sites (N-methyl/N-ethyl adjacent to an activating group) is 2. The first-order chi connectivity index (χ1) is 18.0. The van der Waals surface area contributed by atoms with Gasteiger partial charge in [0.25, 0.3) is 11.8 Å². The van der Waals surface area contributed by atoms with Crippen molar-refractivity contribution in [3.05, 3.63) is 23.5 Å². The SMILES string of the molecule is CC(OCCOCCOC(C)Oc1nsnc1C1=CCCN(C)C1)Oc1nsnc1C1=CCCN(C)C1. The minimum Gasteiger partial charge on any atom is -0.446 e. The highest BCUT2D eigenvalue weighted by Gasteiger charge is 2.21. The van der Waals surface area contributed by atoms with Crippen LogP contribution in [0.15, 0.2) is 12.2 Å². The molecule has 2 atom stereocenters. The van der Waals surface area contributed by atoms with Gasteiger partial charge in [-0.1, -0.05) is 12.2 Å². The van der Waals surface area contributed by atoms with Gasteiger partial charge in [0.1, 0.15) is 11.4 Å². The summed E-state index contributed by atoms with van der Waals surface area (Å²) in [5.74, 6) is 1.04. The number of rotatable bonds is 14. The van der Waals surface area contributed by atoms with E-state index in [-0.39, 0.29) is 0 Å². The molecule has 2 aliphatic heterocycles. The largest absolute Gasteiger partial charge is 0.446 e. The van der Waals surface area contributed by atoms with Gasteiger partial charge in [-0.25, -0.2) is 0 Å². The van der Waals surface area contributed by atoms with Crippen LogP contribution in [0.5, 0.6) is 11.8 Å². The third-order valence-electron chi connectivity index (χ3n) is 5.92. The topological polar surface area (TPSA) is 104 Å². The number of aromatic nitrogens is 4. The van der Waals surface area contributed by atoms with Crippen molar-refractivity contribution in [3.63, 3.8) is 0 Å². The van der Waals surface area contributed by atoms with Gasteiger partial charge in [-0.05, 0) is 51.9 Å². The average molecular weight is 553 g/mol. The summed E-state index contributed by atoms with van der Waals surface area (Å²) in [5.41, 5.74) is 3.90. The lowest BCUT2D eigenvalue weighted by Gasteiger charge is -2.22. The smallest absolute Gasteiger partial charge is 0.255 e. The summed E-state index contributed by atoms with van der Waals surface area (Å²) in [5, 5.41) is 0. The van der Waals surface area contributed by atoms with Crippen molar-refractivity contribution >= 4 is 34.6 Å². The van der Waals surface area contributed by atoms with E-state index in [2.05, 4.69) is 53.5 Å². The third kappa shape index (κ3) is 8.50. The highest BCUT2D eigenvalue weighted by Crippen LogP contribution is 2.29. The Morgan fingerprint density at radius 3 is 1.62 bits per heavy atom. The summed E-state index contributed by atoms with van der Waals surface area (Å²) in [6.45, 7) is 9.10. The van der Waals surface area contributed by atoms with Gasteiger partial charge in [0, 0.05) is 26.2 Å². The van der Waals surface area contributed by atoms with Crippen molar-refractivity contribution in [2.24, 2.45) is 0 Å². The molecule has 11 nitrogen and oxygen atoms in total. The van der Waals surface area contributed by atoms with Crippen LogP contribution in [0.25, 0.3) is 11.1 Å². The number of hydrogen-bond acceptors (Lipinski definition) is 13. The van der Waals surface area contributed by atoms with Crippen LogP contribution in [0.2, 0.25) is 0 Å². The third-order valence-corrected chi connectivity index (χ3v) is 6.95. The fourth-order valence-electron chi connectivity index (χ4n) is 4.07. The highest BCUT2D eigenvalue weighted by atomic mass is 32.1. The number of nitrogens with zero attached hydrogens (tertiary/aromatic N) is 6. The van der Waals surface area contributed by atoms with E-state index in [1.54, 1.807) is 0 Å². The summed E-state index contributed by atoms with van der Waals surface area (Å²) < 4.78 is 46.3. The molecule has 0 fully saturated rings. The van der Waals surface area contributed by atoms with Crippen LogP contribution in [0, 0.1) is 0 Å². The first-order valence-corrected chi connectivity index (χ1v) is 14.0.